The topological polar surface area (TPSA) is 29.9 Å². The highest BCUT2D eigenvalue weighted by molar-refractivity contribution is 5.20. The van der Waals surface area contributed by atoms with E-state index < -0.39 is 0 Å². The molecule has 102 valence electrons. The fourth-order valence-corrected chi connectivity index (χ4v) is 2.05. The summed E-state index contributed by atoms with van der Waals surface area (Å²) in [7, 11) is 0. The van der Waals surface area contributed by atoms with Crippen molar-refractivity contribution in [1.29, 1.82) is 0 Å². The molecule has 0 saturated carbocycles. The van der Waals surface area contributed by atoms with Gasteiger partial charge in [0, 0.05) is 18.3 Å². The third kappa shape index (κ3) is 3.93. The summed E-state index contributed by atoms with van der Waals surface area (Å²) >= 11 is 0. The number of nitrogens with zero attached hydrogens (tertiary/aromatic N) is 2. The van der Waals surface area contributed by atoms with Gasteiger partial charge in [-0.25, -0.2) is 0 Å². The largest absolute Gasteiger partial charge is 0.310 e. The Balaban J connectivity index is 2.24. The minimum absolute atomic E-state index is 0.106. The Morgan fingerprint density at radius 1 is 1.21 bits per heavy atom. The predicted molar refractivity (Wildman–Crippen MR) is 79.3 cm³/mol. The van der Waals surface area contributed by atoms with Gasteiger partial charge in [0.25, 0.3) is 0 Å². The van der Waals surface area contributed by atoms with Gasteiger partial charge in [0.05, 0.1) is 12.2 Å². The van der Waals surface area contributed by atoms with Crippen LogP contribution in [0.5, 0.6) is 0 Å². The molecule has 2 rings (SSSR count). The van der Waals surface area contributed by atoms with Crippen molar-refractivity contribution in [1.82, 2.24) is 15.1 Å². The average molecular weight is 257 g/mol. The van der Waals surface area contributed by atoms with Crippen molar-refractivity contribution in [2.75, 3.05) is 6.54 Å². The molecule has 0 amide bonds. The molecule has 0 aliphatic heterocycles. The van der Waals surface area contributed by atoms with Gasteiger partial charge in [-0.1, -0.05) is 30.3 Å². The smallest absolute Gasteiger partial charge is 0.0893 e. The summed E-state index contributed by atoms with van der Waals surface area (Å²) in [5, 5.41) is 8.04. The quantitative estimate of drug-likeness (QED) is 0.911. The van der Waals surface area contributed by atoms with Crippen molar-refractivity contribution in [3.8, 4) is 0 Å². The van der Waals surface area contributed by atoms with Crippen LogP contribution in [0.1, 0.15) is 37.9 Å². The zero-order valence-electron chi connectivity index (χ0n) is 12.2. The standard InChI is InChI=1S/C16H23N3/c1-13-10-18-19(12-13)15(11-17-16(2,3)4)14-8-6-5-7-9-14/h5-10,12,15,17H,11H2,1-4H3. The van der Waals surface area contributed by atoms with E-state index in [1.165, 1.54) is 11.1 Å². The molecule has 0 radical (unpaired) electrons. The van der Waals surface area contributed by atoms with Crippen molar-refractivity contribution >= 4 is 0 Å². The molecule has 19 heavy (non-hydrogen) atoms. The minimum atomic E-state index is 0.106. The third-order valence-corrected chi connectivity index (χ3v) is 3.06. The molecule has 0 aliphatic rings. The summed E-state index contributed by atoms with van der Waals surface area (Å²) in [6.07, 6.45) is 4.01. The lowest BCUT2D eigenvalue weighted by Gasteiger charge is -2.26. The molecule has 0 bridgehead atoms. The van der Waals surface area contributed by atoms with Crippen LogP contribution in [0.2, 0.25) is 0 Å². The van der Waals surface area contributed by atoms with Gasteiger partial charge in [-0.2, -0.15) is 5.10 Å². The van der Waals surface area contributed by atoms with E-state index in [0.29, 0.717) is 0 Å². The third-order valence-electron chi connectivity index (χ3n) is 3.06. The zero-order chi connectivity index (χ0) is 13.9. The van der Waals surface area contributed by atoms with Crippen LogP contribution in [0.25, 0.3) is 0 Å². The van der Waals surface area contributed by atoms with Crippen molar-refractivity contribution in [3.63, 3.8) is 0 Å². The van der Waals surface area contributed by atoms with Crippen molar-refractivity contribution in [2.24, 2.45) is 0 Å². The molecule has 2 aromatic rings. The number of rotatable bonds is 4. The van der Waals surface area contributed by atoms with E-state index in [9.17, 15) is 0 Å². The van der Waals surface area contributed by atoms with Crippen LogP contribution < -0.4 is 5.32 Å². The molecule has 0 fully saturated rings. The molecular weight excluding hydrogens is 234 g/mol. The van der Waals surface area contributed by atoms with Crippen LogP contribution in [0.4, 0.5) is 0 Å². The summed E-state index contributed by atoms with van der Waals surface area (Å²) in [4.78, 5) is 0. The summed E-state index contributed by atoms with van der Waals surface area (Å²) < 4.78 is 2.05. The van der Waals surface area contributed by atoms with E-state index in [1.807, 2.05) is 16.9 Å². The van der Waals surface area contributed by atoms with Crippen LogP contribution in [-0.4, -0.2) is 21.9 Å². The van der Waals surface area contributed by atoms with Crippen molar-refractivity contribution in [2.45, 2.75) is 39.3 Å². The molecule has 1 aromatic carbocycles. The van der Waals surface area contributed by atoms with E-state index in [-0.39, 0.29) is 11.6 Å². The fourth-order valence-electron chi connectivity index (χ4n) is 2.05. The van der Waals surface area contributed by atoms with E-state index in [2.05, 4.69) is 68.6 Å². The Kier molecular flexibility index (Phi) is 4.05. The first-order valence-corrected chi connectivity index (χ1v) is 6.76. The number of hydrogen-bond donors (Lipinski definition) is 1. The predicted octanol–water partition coefficient (Wildman–Crippen LogP) is 3.17. The van der Waals surface area contributed by atoms with Crippen molar-refractivity contribution in [3.05, 3.63) is 53.9 Å². The Morgan fingerprint density at radius 3 is 2.42 bits per heavy atom. The normalized spacial score (nSPS) is 13.5. The van der Waals surface area contributed by atoms with Gasteiger partial charge >= 0.3 is 0 Å². The maximum atomic E-state index is 4.47. The summed E-state index contributed by atoms with van der Waals surface area (Å²) in [5.41, 5.74) is 2.58. The summed E-state index contributed by atoms with van der Waals surface area (Å²) in [6, 6.07) is 10.8. The molecule has 1 heterocycles. The molecule has 1 N–H and O–H groups in total. The van der Waals surface area contributed by atoms with Crippen LogP contribution in [0, 0.1) is 6.92 Å². The highest BCUT2D eigenvalue weighted by atomic mass is 15.3. The molecule has 0 saturated heterocycles. The van der Waals surface area contributed by atoms with Crippen LogP contribution in [-0.2, 0) is 0 Å². The Hall–Kier alpha value is -1.61. The second kappa shape index (κ2) is 5.57. The molecule has 1 aromatic heterocycles. The van der Waals surface area contributed by atoms with E-state index in [1.54, 1.807) is 0 Å². The highest BCUT2D eigenvalue weighted by Crippen LogP contribution is 2.18. The number of hydrogen-bond acceptors (Lipinski definition) is 2. The Morgan fingerprint density at radius 2 is 1.89 bits per heavy atom. The van der Waals surface area contributed by atoms with Gasteiger partial charge in [0.15, 0.2) is 0 Å². The monoisotopic (exact) mass is 257 g/mol. The summed E-state index contributed by atoms with van der Waals surface area (Å²) in [6.45, 7) is 9.49. The first kappa shape index (κ1) is 13.8. The van der Waals surface area contributed by atoms with Gasteiger partial charge < -0.3 is 5.32 Å². The Labute approximate surface area is 115 Å². The molecule has 3 heteroatoms. The summed E-state index contributed by atoms with van der Waals surface area (Å²) in [5.74, 6) is 0. The fraction of sp³-hybridized carbons (Fsp3) is 0.438. The zero-order valence-corrected chi connectivity index (χ0v) is 12.2. The van der Waals surface area contributed by atoms with Crippen LogP contribution in [0.3, 0.4) is 0 Å². The first-order chi connectivity index (χ1) is 8.96. The van der Waals surface area contributed by atoms with E-state index in [0.717, 1.165) is 6.54 Å². The molecule has 1 unspecified atom stereocenters. The molecule has 0 aliphatic carbocycles. The van der Waals surface area contributed by atoms with Gasteiger partial charge in [0.2, 0.25) is 0 Å². The maximum absolute atomic E-state index is 4.47. The number of aromatic nitrogens is 2. The van der Waals surface area contributed by atoms with Gasteiger partial charge in [-0.3, -0.25) is 4.68 Å². The SMILES string of the molecule is Cc1cnn(C(CNC(C)(C)C)c2ccccc2)c1. The molecule has 1 atom stereocenters. The first-order valence-electron chi connectivity index (χ1n) is 6.76. The average Bonchev–Trinajstić information content (AvgIpc) is 2.76. The van der Waals surface area contributed by atoms with Crippen LogP contribution in [0.15, 0.2) is 42.7 Å². The van der Waals surface area contributed by atoms with Gasteiger partial charge in [0.1, 0.15) is 0 Å². The number of aryl methyl sites for hydroxylation is 1. The van der Waals surface area contributed by atoms with E-state index >= 15 is 0 Å². The van der Waals surface area contributed by atoms with Crippen molar-refractivity contribution < 1.29 is 0 Å². The minimum Gasteiger partial charge on any atom is -0.310 e. The lowest BCUT2D eigenvalue weighted by molar-refractivity contribution is 0.378. The lowest BCUT2D eigenvalue weighted by atomic mass is 10.0. The molecule has 0 spiro atoms. The number of benzene rings is 1. The lowest BCUT2D eigenvalue weighted by Crippen LogP contribution is -2.40. The van der Waals surface area contributed by atoms with E-state index in [4.69, 9.17) is 0 Å². The highest BCUT2D eigenvalue weighted by Gasteiger charge is 2.17. The Bertz CT molecular complexity index is 508. The second-order valence-electron chi connectivity index (χ2n) is 6.06. The number of nitrogens with one attached hydrogen (secondary N) is 1. The second-order valence-corrected chi connectivity index (χ2v) is 6.06. The van der Waals surface area contributed by atoms with Gasteiger partial charge in [-0.15, -0.1) is 0 Å². The maximum Gasteiger partial charge on any atom is 0.0893 e. The molecular formula is C16H23N3. The van der Waals surface area contributed by atoms with Crippen LogP contribution >= 0.6 is 0 Å². The van der Waals surface area contributed by atoms with Gasteiger partial charge in [-0.05, 0) is 38.8 Å². The molecule has 3 nitrogen and oxygen atoms in total.